The van der Waals surface area contributed by atoms with Gasteiger partial charge in [-0.25, -0.2) is 9.78 Å². The molecule has 5 rings (SSSR count). The molecule has 148 valence electrons. The standard InChI is InChI=1S/C22H23N5O2/c1-13-4-6-19-24-18(12-26(19)9-13)17-8-16-5-7-20(25-21(16)29-22(17)28)27-10-14(2)23-15(3)11-27/h4-9,12,14-15,23H,10-11H2,1-3H3. The van der Waals surface area contributed by atoms with Gasteiger partial charge >= 0.3 is 5.63 Å². The van der Waals surface area contributed by atoms with Crippen molar-refractivity contribution in [3.63, 3.8) is 0 Å². The summed E-state index contributed by atoms with van der Waals surface area (Å²) in [6.07, 6.45) is 3.84. The minimum atomic E-state index is -0.427. The Bertz CT molecular complexity index is 1270. The number of imidazole rings is 1. The normalized spacial score (nSPS) is 19.9. The third-order valence-electron chi connectivity index (χ3n) is 5.34. The molecule has 1 N–H and O–H groups in total. The molecule has 1 aliphatic heterocycles. The Morgan fingerprint density at radius 1 is 1.07 bits per heavy atom. The zero-order valence-electron chi connectivity index (χ0n) is 16.7. The summed E-state index contributed by atoms with van der Waals surface area (Å²) in [4.78, 5) is 24.1. The number of hydrogen-bond donors (Lipinski definition) is 1. The summed E-state index contributed by atoms with van der Waals surface area (Å²) in [5, 5.41) is 4.30. The van der Waals surface area contributed by atoms with Gasteiger partial charge in [-0.15, -0.1) is 0 Å². The number of nitrogens with one attached hydrogen (secondary N) is 1. The van der Waals surface area contributed by atoms with Crippen LogP contribution >= 0.6 is 0 Å². The van der Waals surface area contributed by atoms with Crippen LogP contribution in [-0.4, -0.2) is 39.5 Å². The summed E-state index contributed by atoms with van der Waals surface area (Å²) in [7, 11) is 0. The highest BCUT2D eigenvalue weighted by molar-refractivity contribution is 5.80. The smallest absolute Gasteiger partial charge is 0.347 e. The van der Waals surface area contributed by atoms with Crippen molar-refractivity contribution >= 4 is 22.6 Å². The number of aromatic nitrogens is 3. The predicted molar refractivity (Wildman–Crippen MR) is 113 cm³/mol. The van der Waals surface area contributed by atoms with E-state index in [0.29, 0.717) is 29.1 Å². The highest BCUT2D eigenvalue weighted by Crippen LogP contribution is 2.23. The molecule has 0 radical (unpaired) electrons. The van der Waals surface area contributed by atoms with E-state index in [1.165, 1.54) is 0 Å². The lowest BCUT2D eigenvalue weighted by Gasteiger charge is -2.36. The summed E-state index contributed by atoms with van der Waals surface area (Å²) in [5.41, 5.74) is 2.89. The first-order valence-electron chi connectivity index (χ1n) is 9.88. The third-order valence-corrected chi connectivity index (χ3v) is 5.34. The van der Waals surface area contributed by atoms with Crippen LogP contribution < -0.4 is 15.8 Å². The molecule has 0 bridgehead atoms. The SMILES string of the molecule is Cc1ccc2nc(-c3cc4ccc(N5CC(C)NC(C)C5)nc4oc3=O)cn2c1. The average molecular weight is 389 g/mol. The van der Waals surface area contributed by atoms with Crippen LogP contribution in [0.5, 0.6) is 0 Å². The van der Waals surface area contributed by atoms with E-state index >= 15 is 0 Å². The van der Waals surface area contributed by atoms with Crippen LogP contribution in [0.1, 0.15) is 19.4 Å². The first kappa shape index (κ1) is 17.9. The van der Waals surface area contributed by atoms with Gasteiger partial charge in [0.2, 0.25) is 5.71 Å². The molecule has 0 aliphatic carbocycles. The van der Waals surface area contributed by atoms with Crippen molar-refractivity contribution in [2.45, 2.75) is 32.9 Å². The molecular weight excluding hydrogens is 366 g/mol. The summed E-state index contributed by atoms with van der Waals surface area (Å²) >= 11 is 0. The number of nitrogens with zero attached hydrogens (tertiary/aromatic N) is 4. The van der Waals surface area contributed by atoms with Crippen LogP contribution in [-0.2, 0) is 0 Å². The van der Waals surface area contributed by atoms with Crippen molar-refractivity contribution < 1.29 is 4.42 Å². The summed E-state index contributed by atoms with van der Waals surface area (Å²) in [6, 6.07) is 10.5. The van der Waals surface area contributed by atoms with Crippen molar-refractivity contribution in [1.29, 1.82) is 0 Å². The number of anilines is 1. The molecule has 2 atom stereocenters. The van der Waals surface area contributed by atoms with E-state index in [0.717, 1.165) is 35.5 Å². The van der Waals surface area contributed by atoms with Gasteiger partial charge in [-0.3, -0.25) is 0 Å². The quantitative estimate of drug-likeness (QED) is 0.568. The van der Waals surface area contributed by atoms with Crippen LogP contribution in [0, 0.1) is 6.92 Å². The summed E-state index contributed by atoms with van der Waals surface area (Å²) in [5.74, 6) is 0.830. The molecule has 1 fully saturated rings. The highest BCUT2D eigenvalue weighted by Gasteiger charge is 2.22. The van der Waals surface area contributed by atoms with Gasteiger partial charge < -0.3 is 19.0 Å². The number of aryl methyl sites for hydroxylation is 1. The van der Waals surface area contributed by atoms with Crippen molar-refractivity contribution in [3.8, 4) is 11.3 Å². The minimum Gasteiger partial charge on any atom is -0.403 e. The van der Waals surface area contributed by atoms with Crippen molar-refractivity contribution in [3.05, 3.63) is 58.7 Å². The first-order valence-corrected chi connectivity index (χ1v) is 9.88. The Labute approximate surface area is 168 Å². The second kappa shape index (κ2) is 6.70. The van der Waals surface area contributed by atoms with Gasteiger partial charge in [0.25, 0.3) is 0 Å². The molecule has 0 amide bonds. The Morgan fingerprint density at radius 2 is 1.86 bits per heavy atom. The van der Waals surface area contributed by atoms with Crippen molar-refractivity contribution in [1.82, 2.24) is 19.7 Å². The van der Waals surface area contributed by atoms with E-state index in [9.17, 15) is 4.79 Å². The second-order valence-electron chi connectivity index (χ2n) is 7.98. The molecular formula is C22H23N5O2. The van der Waals surface area contributed by atoms with Crippen LogP contribution in [0.3, 0.4) is 0 Å². The number of hydrogen-bond acceptors (Lipinski definition) is 6. The summed E-state index contributed by atoms with van der Waals surface area (Å²) < 4.78 is 7.51. The molecule has 29 heavy (non-hydrogen) atoms. The largest absolute Gasteiger partial charge is 0.403 e. The Balaban J connectivity index is 1.55. The van der Waals surface area contributed by atoms with E-state index in [-0.39, 0.29) is 0 Å². The molecule has 7 nitrogen and oxygen atoms in total. The predicted octanol–water partition coefficient (Wildman–Crippen LogP) is 3.00. The van der Waals surface area contributed by atoms with E-state index in [1.54, 1.807) is 0 Å². The molecule has 0 spiro atoms. The second-order valence-corrected chi connectivity index (χ2v) is 7.98. The molecule has 4 aromatic rings. The third kappa shape index (κ3) is 3.27. The molecule has 4 aromatic heterocycles. The van der Waals surface area contributed by atoms with Gasteiger partial charge in [0.1, 0.15) is 11.5 Å². The topological polar surface area (TPSA) is 75.7 Å². The van der Waals surface area contributed by atoms with Crippen molar-refractivity contribution in [2.75, 3.05) is 18.0 Å². The van der Waals surface area contributed by atoms with Crippen LogP contribution in [0.2, 0.25) is 0 Å². The molecule has 5 heterocycles. The lowest BCUT2D eigenvalue weighted by atomic mass is 10.1. The van der Waals surface area contributed by atoms with Gasteiger partial charge in [0, 0.05) is 43.0 Å². The summed E-state index contributed by atoms with van der Waals surface area (Å²) in [6.45, 7) is 8.07. The maximum absolute atomic E-state index is 12.7. The zero-order chi connectivity index (χ0) is 20.1. The number of pyridine rings is 2. The minimum absolute atomic E-state index is 0.356. The fraction of sp³-hybridized carbons (Fsp3) is 0.318. The zero-order valence-corrected chi connectivity index (χ0v) is 16.7. The van der Waals surface area contributed by atoms with Crippen molar-refractivity contribution in [2.24, 2.45) is 0 Å². The van der Waals surface area contributed by atoms with Gasteiger partial charge in [-0.05, 0) is 50.6 Å². The molecule has 0 saturated carbocycles. The molecule has 7 heteroatoms. The number of piperazine rings is 1. The molecule has 0 aromatic carbocycles. The Kier molecular flexibility index (Phi) is 4.13. The van der Waals surface area contributed by atoms with Gasteiger partial charge in [0.05, 0.1) is 11.3 Å². The lowest BCUT2D eigenvalue weighted by molar-refractivity contribution is 0.405. The number of fused-ring (bicyclic) bond motifs is 2. The van der Waals surface area contributed by atoms with Crippen LogP contribution in [0.15, 0.2) is 51.9 Å². The molecule has 1 saturated heterocycles. The fourth-order valence-electron chi connectivity index (χ4n) is 4.09. The van der Waals surface area contributed by atoms with Gasteiger partial charge in [0.15, 0.2) is 0 Å². The van der Waals surface area contributed by atoms with Crippen LogP contribution in [0.25, 0.3) is 28.0 Å². The van der Waals surface area contributed by atoms with E-state index < -0.39 is 5.63 Å². The van der Waals surface area contributed by atoms with Gasteiger partial charge in [-0.2, -0.15) is 4.98 Å². The lowest BCUT2D eigenvalue weighted by Crippen LogP contribution is -2.54. The first-order chi connectivity index (χ1) is 14.0. The average Bonchev–Trinajstić information content (AvgIpc) is 3.09. The van der Waals surface area contributed by atoms with E-state index in [1.807, 2.05) is 54.0 Å². The van der Waals surface area contributed by atoms with Gasteiger partial charge in [-0.1, -0.05) is 6.07 Å². The molecule has 1 aliphatic rings. The number of rotatable bonds is 2. The molecule has 2 unspecified atom stereocenters. The van der Waals surface area contributed by atoms with E-state index in [2.05, 4.69) is 34.0 Å². The fourth-order valence-corrected chi connectivity index (χ4v) is 4.09. The highest BCUT2D eigenvalue weighted by atomic mass is 16.4. The van der Waals surface area contributed by atoms with Crippen LogP contribution in [0.4, 0.5) is 5.82 Å². The maximum Gasteiger partial charge on any atom is 0.347 e. The Hall–Kier alpha value is -3.19. The maximum atomic E-state index is 12.7. The Morgan fingerprint density at radius 3 is 2.66 bits per heavy atom. The monoisotopic (exact) mass is 389 g/mol. The van der Waals surface area contributed by atoms with E-state index in [4.69, 9.17) is 4.42 Å².